The summed E-state index contributed by atoms with van der Waals surface area (Å²) in [6.45, 7) is 5.91. The molecular formula is C37H34Cl2FN7O2. The number of rotatable bonds is 7. The molecule has 9 nitrogen and oxygen atoms in total. The van der Waals surface area contributed by atoms with Crippen LogP contribution in [-0.4, -0.2) is 51.1 Å². The lowest BCUT2D eigenvalue weighted by molar-refractivity contribution is 0.165. The lowest BCUT2D eigenvalue weighted by Gasteiger charge is -2.42. The average Bonchev–Trinajstić information content (AvgIpc) is 3.83. The lowest BCUT2D eigenvalue weighted by Crippen LogP contribution is -2.51. The van der Waals surface area contributed by atoms with Gasteiger partial charge in [0.15, 0.2) is 5.82 Å². The molecule has 2 N–H and O–H groups in total. The summed E-state index contributed by atoms with van der Waals surface area (Å²) in [6, 6.07) is 14.5. The van der Waals surface area contributed by atoms with E-state index >= 15 is 4.39 Å². The Morgan fingerprint density at radius 2 is 1.98 bits per heavy atom. The summed E-state index contributed by atoms with van der Waals surface area (Å²) in [5, 5.41) is 15.3. The molecule has 49 heavy (non-hydrogen) atoms. The highest BCUT2D eigenvalue weighted by molar-refractivity contribution is 6.43. The summed E-state index contributed by atoms with van der Waals surface area (Å²) < 4.78 is 19.4. The Morgan fingerprint density at radius 3 is 2.71 bits per heavy atom. The van der Waals surface area contributed by atoms with Gasteiger partial charge in [-0.15, -0.1) is 0 Å². The number of halogens is 3. The molecule has 2 bridgehead atoms. The van der Waals surface area contributed by atoms with Gasteiger partial charge in [0, 0.05) is 77.6 Å². The van der Waals surface area contributed by atoms with Crippen molar-refractivity contribution in [2.75, 3.05) is 24.5 Å². The van der Waals surface area contributed by atoms with E-state index in [1.165, 1.54) is 6.07 Å². The molecular weight excluding hydrogens is 664 g/mol. The van der Waals surface area contributed by atoms with E-state index in [9.17, 15) is 14.9 Å². The van der Waals surface area contributed by atoms with Gasteiger partial charge >= 0.3 is 6.03 Å². The number of nitriles is 1. The topological polar surface area (TPSA) is 110 Å². The number of fused-ring (bicyclic) bond motifs is 4. The molecule has 2 amide bonds. The van der Waals surface area contributed by atoms with Crippen LogP contribution in [0.25, 0.3) is 32.9 Å². The number of carbonyl (C=O) groups excluding carboxylic acids is 1. The Balaban J connectivity index is 1.34. The second-order valence-corrected chi connectivity index (χ2v) is 14.1. The van der Waals surface area contributed by atoms with E-state index in [0.717, 1.165) is 36.0 Å². The van der Waals surface area contributed by atoms with E-state index in [4.69, 9.17) is 28.2 Å². The van der Waals surface area contributed by atoms with Crippen LogP contribution >= 0.6 is 23.2 Å². The first kappa shape index (κ1) is 31.8. The van der Waals surface area contributed by atoms with E-state index in [-0.39, 0.29) is 46.7 Å². The summed E-state index contributed by atoms with van der Waals surface area (Å²) in [5.74, 6) is -0.108. The first-order chi connectivity index (χ1) is 23.7. The van der Waals surface area contributed by atoms with Gasteiger partial charge in [-0.1, -0.05) is 35.3 Å². The van der Waals surface area contributed by atoms with Gasteiger partial charge in [-0.25, -0.2) is 14.2 Å². The fraction of sp³-hybridized carbons (Fsp3) is 0.351. The van der Waals surface area contributed by atoms with Crippen molar-refractivity contribution < 1.29 is 9.18 Å². The monoisotopic (exact) mass is 697 g/mol. The molecule has 0 radical (unpaired) electrons. The number of H-pyrrole nitrogens is 1. The van der Waals surface area contributed by atoms with Gasteiger partial charge in [0.1, 0.15) is 5.52 Å². The van der Waals surface area contributed by atoms with Crippen molar-refractivity contribution in [3.8, 4) is 17.2 Å². The van der Waals surface area contributed by atoms with Crippen LogP contribution in [0.3, 0.4) is 0 Å². The maximum atomic E-state index is 17.0. The summed E-state index contributed by atoms with van der Waals surface area (Å²) >= 11 is 13.0. The Hall–Kier alpha value is -4.43. The van der Waals surface area contributed by atoms with Crippen molar-refractivity contribution in [2.45, 2.75) is 57.7 Å². The van der Waals surface area contributed by atoms with Crippen molar-refractivity contribution >= 4 is 56.7 Å². The fourth-order valence-electron chi connectivity index (χ4n) is 8.27. The first-order valence-electron chi connectivity index (χ1n) is 16.7. The third kappa shape index (κ3) is 5.01. The van der Waals surface area contributed by atoms with Gasteiger partial charge < -0.3 is 19.8 Å². The fourth-order valence-corrected chi connectivity index (χ4v) is 8.66. The van der Waals surface area contributed by atoms with Gasteiger partial charge in [-0.3, -0.25) is 9.69 Å². The highest BCUT2D eigenvalue weighted by Gasteiger charge is 2.49. The molecule has 4 aliphatic rings. The molecule has 6 heterocycles. The summed E-state index contributed by atoms with van der Waals surface area (Å²) in [4.78, 5) is 37.2. The van der Waals surface area contributed by atoms with Crippen LogP contribution in [0, 0.1) is 30.0 Å². The molecule has 3 aliphatic heterocycles. The molecule has 4 unspecified atom stereocenters. The summed E-state index contributed by atoms with van der Waals surface area (Å²) in [5.41, 5.74) is 4.45. The number of hydrogen-bond acceptors (Lipinski definition) is 5. The van der Waals surface area contributed by atoms with Crippen LogP contribution in [-0.2, 0) is 6.42 Å². The number of pyridine rings is 2. The highest BCUT2D eigenvalue weighted by atomic mass is 35.5. The lowest BCUT2D eigenvalue weighted by atomic mass is 9.79. The first-order valence-corrected chi connectivity index (χ1v) is 17.4. The number of aryl methyl sites for hydroxylation is 2. The maximum Gasteiger partial charge on any atom is 0.325 e. The molecule has 250 valence electrons. The average molecular weight is 699 g/mol. The number of urea groups is 1. The van der Waals surface area contributed by atoms with Crippen molar-refractivity contribution in [1.29, 1.82) is 5.26 Å². The number of carbonyl (C=O) groups is 1. The second-order valence-electron chi connectivity index (χ2n) is 13.3. The van der Waals surface area contributed by atoms with Crippen molar-refractivity contribution in [1.82, 2.24) is 24.8 Å². The number of hydrogen-bond donors (Lipinski definition) is 2. The molecule has 3 aromatic heterocycles. The zero-order chi connectivity index (χ0) is 34.1. The minimum Gasteiger partial charge on any atom is -0.337 e. The minimum atomic E-state index is -0.503. The molecule has 2 aromatic carbocycles. The van der Waals surface area contributed by atoms with E-state index in [1.807, 2.05) is 24.8 Å². The molecule has 4 atom stereocenters. The summed E-state index contributed by atoms with van der Waals surface area (Å²) in [6.07, 6.45) is 3.86. The third-order valence-electron chi connectivity index (χ3n) is 10.7. The van der Waals surface area contributed by atoms with Crippen LogP contribution in [0.15, 0.2) is 53.5 Å². The zero-order valence-electron chi connectivity index (χ0n) is 27.1. The zero-order valence-corrected chi connectivity index (χ0v) is 28.6. The van der Waals surface area contributed by atoms with Crippen molar-refractivity contribution in [2.24, 2.45) is 5.92 Å². The quantitative estimate of drug-likeness (QED) is 0.181. The van der Waals surface area contributed by atoms with Crippen LogP contribution in [0.1, 0.15) is 55.2 Å². The molecule has 5 aromatic rings. The standard InChI is InChI=1S/C37H34Cl2FN7O2/c1-19-25-17-29(20(2)45-12-5-13-46(37(45)49)23-9-11-42-30(48)16-23)47(35-22-15-28(35)43-18-22)36(25)26-14-21(6-4-10-41)31(33(40)34(26)44-19)24-7-3-8-27(38)32(24)39/h3,7-9,11,14,16-17,20,22,28,35,43H,4-6,12-13,15,18H2,1-2H3,(H,42,48). The Kier molecular flexibility index (Phi) is 7.90. The second kappa shape index (κ2) is 12.2. The number of anilines is 1. The molecule has 9 rings (SSSR count). The van der Waals surface area contributed by atoms with Crippen molar-refractivity contribution in [3.05, 3.63) is 91.8 Å². The smallest absolute Gasteiger partial charge is 0.325 e. The Bertz CT molecular complexity index is 2260. The molecule has 12 heteroatoms. The number of nitrogens with one attached hydrogen (secondary N) is 2. The minimum absolute atomic E-state index is 0.122. The molecule has 1 saturated carbocycles. The third-order valence-corrected chi connectivity index (χ3v) is 11.5. The van der Waals surface area contributed by atoms with Gasteiger partial charge in [-0.2, -0.15) is 5.26 Å². The molecule has 4 fully saturated rings. The van der Waals surface area contributed by atoms with Crippen LogP contribution < -0.4 is 15.8 Å². The number of benzene rings is 2. The SMILES string of the molecule is Cc1nc2c(F)c(-c3cccc(Cl)c3Cl)c(CCC#N)cc2c2c1cc(C(C)N1CCCN(c3cc[nH]c(=O)c3)C1=O)n2C1C2CNC1C2. The van der Waals surface area contributed by atoms with E-state index in [2.05, 4.69) is 27.0 Å². The van der Waals surface area contributed by atoms with Gasteiger partial charge in [-0.05, 0) is 68.9 Å². The number of amides is 2. The molecule has 0 spiro atoms. The Morgan fingerprint density at radius 1 is 1.14 bits per heavy atom. The number of aromatic nitrogens is 3. The van der Waals surface area contributed by atoms with Crippen LogP contribution in [0.2, 0.25) is 10.0 Å². The Labute approximate surface area is 292 Å². The summed E-state index contributed by atoms with van der Waals surface area (Å²) in [7, 11) is 0. The van der Waals surface area contributed by atoms with Crippen molar-refractivity contribution in [3.63, 3.8) is 0 Å². The van der Waals surface area contributed by atoms with E-state index in [1.54, 1.807) is 35.4 Å². The van der Waals surface area contributed by atoms with Crippen LogP contribution in [0.4, 0.5) is 14.9 Å². The van der Waals surface area contributed by atoms with Gasteiger partial charge in [0.05, 0.1) is 39.4 Å². The predicted octanol–water partition coefficient (Wildman–Crippen LogP) is 7.68. The molecule has 3 saturated heterocycles. The number of nitrogens with zero attached hydrogens (tertiary/aromatic N) is 5. The maximum absolute atomic E-state index is 17.0. The van der Waals surface area contributed by atoms with E-state index in [0.29, 0.717) is 63.9 Å². The van der Waals surface area contributed by atoms with E-state index < -0.39 is 5.82 Å². The number of aromatic amines is 1. The predicted molar refractivity (Wildman–Crippen MR) is 190 cm³/mol. The van der Waals surface area contributed by atoms with Gasteiger partial charge in [0.25, 0.3) is 0 Å². The molecule has 1 aliphatic carbocycles. The normalized spacial score (nSPS) is 21.0. The van der Waals surface area contributed by atoms with Gasteiger partial charge in [0.2, 0.25) is 5.56 Å². The van der Waals surface area contributed by atoms with Crippen LogP contribution in [0.5, 0.6) is 0 Å². The highest BCUT2D eigenvalue weighted by Crippen LogP contribution is 2.50. The largest absolute Gasteiger partial charge is 0.337 e.